The van der Waals surface area contributed by atoms with Crippen LogP contribution in [0.25, 0.3) is 0 Å². The highest BCUT2D eigenvalue weighted by Gasteiger charge is 2.35. The summed E-state index contributed by atoms with van der Waals surface area (Å²) >= 11 is 3.46. The fourth-order valence-electron chi connectivity index (χ4n) is 2.10. The first kappa shape index (κ1) is 13.9. The van der Waals surface area contributed by atoms with Gasteiger partial charge < -0.3 is 20.3 Å². The van der Waals surface area contributed by atoms with Crippen molar-refractivity contribution in [3.05, 3.63) is 22.2 Å². The van der Waals surface area contributed by atoms with Crippen LogP contribution < -0.4 is 15.2 Å². The van der Waals surface area contributed by atoms with E-state index >= 15 is 0 Å². The number of ether oxygens (including phenoxy) is 2. The summed E-state index contributed by atoms with van der Waals surface area (Å²) in [6.07, 6.45) is 1.65. The predicted molar refractivity (Wildman–Crippen MR) is 73.2 cm³/mol. The van der Waals surface area contributed by atoms with E-state index in [9.17, 15) is 5.11 Å². The van der Waals surface area contributed by atoms with E-state index in [1.54, 1.807) is 0 Å². The molecule has 1 aromatic carbocycles. The molecule has 0 radical (unpaired) electrons. The number of halogens is 2. The molecule has 3 rings (SSSR count). The molecular formula is C12H15BrClNO3. The molecule has 18 heavy (non-hydrogen) atoms. The summed E-state index contributed by atoms with van der Waals surface area (Å²) in [5.74, 6) is 1.76. The lowest BCUT2D eigenvalue weighted by molar-refractivity contribution is 0.122. The molecule has 0 amide bonds. The van der Waals surface area contributed by atoms with Crippen molar-refractivity contribution in [3.8, 4) is 11.5 Å². The standard InChI is InChI=1S/C12H14BrNO3.ClH/c13-8-4-10-9(16-5-17-10)3-7(8)11(14)12(15)6-1-2-6;/h3-4,6,11-12,15H,1-2,5,14H2;1H/t11-,12+;/m0./s1. The molecule has 1 heterocycles. The van der Waals surface area contributed by atoms with E-state index in [-0.39, 0.29) is 25.2 Å². The number of rotatable bonds is 3. The normalized spacial score (nSPS) is 20.2. The van der Waals surface area contributed by atoms with E-state index in [1.165, 1.54) is 0 Å². The first-order valence-corrected chi connectivity index (χ1v) is 6.49. The maximum absolute atomic E-state index is 10.1. The van der Waals surface area contributed by atoms with Crippen LogP contribution in [0.1, 0.15) is 24.4 Å². The average Bonchev–Trinajstić information content (AvgIpc) is 3.06. The van der Waals surface area contributed by atoms with Crippen molar-refractivity contribution in [1.82, 2.24) is 0 Å². The minimum absolute atomic E-state index is 0. The number of fused-ring (bicyclic) bond motifs is 1. The molecule has 2 atom stereocenters. The Bertz CT molecular complexity index is 453. The first-order chi connectivity index (χ1) is 8.16. The van der Waals surface area contributed by atoms with E-state index in [0.717, 1.165) is 22.9 Å². The highest BCUT2D eigenvalue weighted by atomic mass is 79.9. The molecule has 1 aliphatic carbocycles. The summed E-state index contributed by atoms with van der Waals surface area (Å²) in [5.41, 5.74) is 6.97. The quantitative estimate of drug-likeness (QED) is 0.889. The van der Waals surface area contributed by atoms with Crippen LogP contribution in [0.4, 0.5) is 0 Å². The monoisotopic (exact) mass is 335 g/mol. The van der Waals surface area contributed by atoms with Crippen LogP contribution >= 0.6 is 28.3 Å². The van der Waals surface area contributed by atoms with Gasteiger partial charge in [-0.1, -0.05) is 15.9 Å². The van der Waals surface area contributed by atoms with E-state index in [0.29, 0.717) is 17.4 Å². The van der Waals surface area contributed by atoms with Gasteiger partial charge in [0.2, 0.25) is 6.79 Å². The smallest absolute Gasteiger partial charge is 0.231 e. The van der Waals surface area contributed by atoms with Crippen LogP contribution in [0.15, 0.2) is 16.6 Å². The van der Waals surface area contributed by atoms with Gasteiger partial charge in [-0.15, -0.1) is 12.4 Å². The van der Waals surface area contributed by atoms with Crippen molar-refractivity contribution < 1.29 is 14.6 Å². The Morgan fingerprint density at radius 1 is 1.28 bits per heavy atom. The van der Waals surface area contributed by atoms with Crippen LogP contribution in [0.3, 0.4) is 0 Å². The second-order valence-electron chi connectivity index (χ2n) is 4.58. The molecular weight excluding hydrogens is 321 g/mol. The molecule has 1 fully saturated rings. The van der Waals surface area contributed by atoms with Crippen molar-refractivity contribution in [3.63, 3.8) is 0 Å². The fourth-order valence-corrected chi connectivity index (χ4v) is 2.69. The molecule has 6 heteroatoms. The highest BCUT2D eigenvalue weighted by molar-refractivity contribution is 9.10. The van der Waals surface area contributed by atoms with E-state index in [2.05, 4.69) is 15.9 Å². The number of benzene rings is 1. The molecule has 3 N–H and O–H groups in total. The van der Waals surface area contributed by atoms with Gasteiger partial charge in [-0.2, -0.15) is 0 Å². The molecule has 4 nitrogen and oxygen atoms in total. The zero-order chi connectivity index (χ0) is 12.0. The lowest BCUT2D eigenvalue weighted by atomic mass is 9.99. The Morgan fingerprint density at radius 2 is 1.89 bits per heavy atom. The average molecular weight is 337 g/mol. The Hall–Kier alpha value is -0.490. The third kappa shape index (κ3) is 2.45. The third-order valence-electron chi connectivity index (χ3n) is 3.32. The van der Waals surface area contributed by atoms with Gasteiger partial charge in [0.15, 0.2) is 11.5 Å². The zero-order valence-corrected chi connectivity index (χ0v) is 12.0. The van der Waals surface area contributed by atoms with Crippen LogP contribution in [-0.4, -0.2) is 18.0 Å². The molecule has 1 aromatic rings. The summed E-state index contributed by atoms with van der Waals surface area (Å²) in [6, 6.07) is 3.31. The zero-order valence-electron chi connectivity index (χ0n) is 9.64. The van der Waals surface area contributed by atoms with Crippen LogP contribution in [0.5, 0.6) is 11.5 Å². The molecule has 1 aliphatic heterocycles. The third-order valence-corrected chi connectivity index (χ3v) is 4.01. The number of hydrogen-bond donors (Lipinski definition) is 2. The Balaban J connectivity index is 0.00000120. The fraction of sp³-hybridized carbons (Fsp3) is 0.500. The molecule has 1 saturated carbocycles. The lowest BCUT2D eigenvalue weighted by Crippen LogP contribution is -2.28. The van der Waals surface area contributed by atoms with Gasteiger partial charge >= 0.3 is 0 Å². The molecule has 0 saturated heterocycles. The van der Waals surface area contributed by atoms with Crippen LogP contribution in [0, 0.1) is 5.92 Å². The Kier molecular flexibility index (Phi) is 4.06. The minimum Gasteiger partial charge on any atom is -0.454 e. The Morgan fingerprint density at radius 3 is 2.50 bits per heavy atom. The van der Waals surface area contributed by atoms with E-state index < -0.39 is 6.10 Å². The van der Waals surface area contributed by atoms with Crippen molar-refractivity contribution in [2.75, 3.05) is 6.79 Å². The summed E-state index contributed by atoms with van der Waals surface area (Å²) in [6.45, 7) is 0.242. The molecule has 100 valence electrons. The number of aliphatic hydroxyl groups is 1. The van der Waals surface area contributed by atoms with E-state index in [4.69, 9.17) is 15.2 Å². The number of hydrogen-bond acceptors (Lipinski definition) is 4. The molecule has 0 unspecified atom stereocenters. The SMILES string of the molecule is Cl.N[C@@H](c1cc2c(cc1Br)OCO2)[C@H](O)C1CC1. The Labute approximate surface area is 120 Å². The van der Waals surface area contributed by atoms with Gasteiger partial charge in [0, 0.05) is 4.47 Å². The second-order valence-corrected chi connectivity index (χ2v) is 5.44. The summed E-state index contributed by atoms with van der Waals surface area (Å²) < 4.78 is 11.5. The summed E-state index contributed by atoms with van der Waals surface area (Å²) in [5, 5.41) is 10.1. The number of nitrogens with two attached hydrogens (primary N) is 1. The van der Waals surface area contributed by atoms with E-state index in [1.807, 2.05) is 12.1 Å². The molecule has 0 spiro atoms. The van der Waals surface area contributed by atoms with Crippen molar-refractivity contribution >= 4 is 28.3 Å². The topological polar surface area (TPSA) is 64.7 Å². The maximum atomic E-state index is 10.1. The summed E-state index contributed by atoms with van der Waals surface area (Å²) in [7, 11) is 0. The van der Waals surface area contributed by atoms with Gasteiger partial charge in [0.05, 0.1) is 12.1 Å². The first-order valence-electron chi connectivity index (χ1n) is 5.69. The van der Waals surface area contributed by atoms with Crippen LogP contribution in [0.2, 0.25) is 0 Å². The van der Waals surface area contributed by atoms with Crippen molar-refractivity contribution in [2.24, 2.45) is 11.7 Å². The van der Waals surface area contributed by atoms with Gasteiger partial charge in [-0.25, -0.2) is 0 Å². The van der Waals surface area contributed by atoms with Gasteiger partial charge in [-0.05, 0) is 36.5 Å². The van der Waals surface area contributed by atoms with Gasteiger partial charge in [0.1, 0.15) is 0 Å². The second kappa shape index (κ2) is 5.25. The molecule has 2 aliphatic rings. The van der Waals surface area contributed by atoms with Crippen LogP contribution in [-0.2, 0) is 0 Å². The van der Waals surface area contributed by atoms with Crippen molar-refractivity contribution in [1.29, 1.82) is 0 Å². The molecule has 0 bridgehead atoms. The lowest BCUT2D eigenvalue weighted by Gasteiger charge is -2.20. The van der Waals surface area contributed by atoms with Gasteiger partial charge in [-0.3, -0.25) is 0 Å². The van der Waals surface area contributed by atoms with Crippen molar-refractivity contribution in [2.45, 2.75) is 25.0 Å². The largest absolute Gasteiger partial charge is 0.454 e. The summed E-state index contributed by atoms with van der Waals surface area (Å²) in [4.78, 5) is 0. The minimum atomic E-state index is -0.480. The maximum Gasteiger partial charge on any atom is 0.231 e. The predicted octanol–water partition coefficient (Wildman–Crippen LogP) is 2.37. The van der Waals surface area contributed by atoms with Gasteiger partial charge in [0.25, 0.3) is 0 Å². The highest BCUT2D eigenvalue weighted by Crippen LogP contribution is 2.42. The number of aliphatic hydroxyl groups excluding tert-OH is 1. The molecule has 0 aromatic heterocycles.